The summed E-state index contributed by atoms with van der Waals surface area (Å²) in [5.74, 6) is -0.642. The Bertz CT molecular complexity index is 1170. The van der Waals surface area contributed by atoms with Crippen LogP contribution in [-0.4, -0.2) is 27.5 Å². The standard InChI is InChI=1S/C26H29BrF2N3O2P/c1-16(22(18-12-20(27)15-30-14-18)11-17-5-7-21(28)8-6-17)32-24(33)25(2,3)34-23-13-19(9-10-31-23)26(4,29)35/h5-10,12-16,22H,11,35H2,1-4H3,(H,32,33). The summed E-state index contributed by atoms with van der Waals surface area (Å²) in [7, 11) is 2.13. The quantitative estimate of drug-likeness (QED) is 0.320. The first-order chi connectivity index (χ1) is 16.3. The molecule has 2 heterocycles. The number of benzene rings is 1. The molecule has 9 heteroatoms. The number of alkyl halides is 1. The number of rotatable bonds is 9. The summed E-state index contributed by atoms with van der Waals surface area (Å²) in [5.41, 5.74) is 0.954. The lowest BCUT2D eigenvalue weighted by atomic mass is 9.87. The number of carbonyl (C=O) groups excluding carboxylic acids is 1. The highest BCUT2D eigenvalue weighted by atomic mass is 79.9. The molecule has 0 saturated carbocycles. The molecule has 0 radical (unpaired) electrons. The molecule has 3 rings (SSSR count). The zero-order valence-electron chi connectivity index (χ0n) is 20.1. The molecule has 0 bridgehead atoms. The van der Waals surface area contributed by atoms with Gasteiger partial charge in [0.1, 0.15) is 11.2 Å². The number of carbonyl (C=O) groups is 1. The molecule has 1 aromatic carbocycles. The number of aromatic nitrogens is 2. The number of nitrogens with zero attached hydrogens (tertiary/aromatic N) is 2. The van der Waals surface area contributed by atoms with Gasteiger partial charge in [-0.1, -0.05) is 21.4 Å². The summed E-state index contributed by atoms with van der Waals surface area (Å²) in [6, 6.07) is 11.0. The van der Waals surface area contributed by atoms with Crippen LogP contribution in [0.1, 0.15) is 50.3 Å². The van der Waals surface area contributed by atoms with Gasteiger partial charge in [0, 0.05) is 41.1 Å². The molecule has 3 aromatic rings. The topological polar surface area (TPSA) is 64.1 Å². The highest BCUT2D eigenvalue weighted by Gasteiger charge is 2.34. The number of amides is 1. The van der Waals surface area contributed by atoms with Crippen LogP contribution in [0.15, 0.2) is 65.5 Å². The van der Waals surface area contributed by atoms with Crippen LogP contribution in [-0.2, 0) is 16.6 Å². The second-order valence-electron chi connectivity index (χ2n) is 9.21. The van der Waals surface area contributed by atoms with Gasteiger partial charge in [-0.15, -0.1) is 0 Å². The first kappa shape index (κ1) is 27.2. The van der Waals surface area contributed by atoms with Crippen molar-refractivity contribution in [3.63, 3.8) is 0 Å². The highest BCUT2D eigenvalue weighted by molar-refractivity contribution is 9.10. The molecule has 1 amide bonds. The average Bonchev–Trinajstić information content (AvgIpc) is 2.78. The Morgan fingerprint density at radius 3 is 2.49 bits per heavy atom. The number of hydrogen-bond donors (Lipinski definition) is 1. The summed E-state index contributed by atoms with van der Waals surface area (Å²) < 4.78 is 34.4. The minimum Gasteiger partial charge on any atom is -0.462 e. The van der Waals surface area contributed by atoms with Gasteiger partial charge in [0.25, 0.3) is 5.91 Å². The smallest absolute Gasteiger partial charge is 0.263 e. The van der Waals surface area contributed by atoms with Crippen molar-refractivity contribution in [2.45, 2.75) is 57.1 Å². The van der Waals surface area contributed by atoms with Crippen LogP contribution in [0.4, 0.5) is 8.78 Å². The molecule has 4 unspecified atom stereocenters. The van der Waals surface area contributed by atoms with Gasteiger partial charge in [-0.25, -0.2) is 13.8 Å². The van der Waals surface area contributed by atoms with E-state index in [0.717, 1.165) is 15.6 Å². The fourth-order valence-electron chi connectivity index (χ4n) is 3.65. The minimum atomic E-state index is -1.65. The monoisotopic (exact) mass is 563 g/mol. The van der Waals surface area contributed by atoms with Crippen LogP contribution in [0.2, 0.25) is 0 Å². The molecule has 35 heavy (non-hydrogen) atoms. The number of ether oxygens (including phenoxy) is 1. The Hall–Kier alpha value is -2.44. The van der Waals surface area contributed by atoms with E-state index < -0.39 is 11.0 Å². The summed E-state index contributed by atoms with van der Waals surface area (Å²) in [6.07, 6.45) is 5.46. The zero-order chi connectivity index (χ0) is 25.8. The van der Waals surface area contributed by atoms with Crippen molar-refractivity contribution >= 4 is 31.1 Å². The van der Waals surface area contributed by atoms with E-state index in [-0.39, 0.29) is 29.6 Å². The van der Waals surface area contributed by atoms with Crippen molar-refractivity contribution in [2.75, 3.05) is 0 Å². The van der Waals surface area contributed by atoms with Crippen LogP contribution < -0.4 is 10.1 Å². The molecule has 0 aliphatic carbocycles. The third kappa shape index (κ3) is 7.52. The van der Waals surface area contributed by atoms with E-state index in [4.69, 9.17) is 4.74 Å². The first-order valence-corrected chi connectivity index (χ1v) is 12.5. The van der Waals surface area contributed by atoms with Gasteiger partial charge < -0.3 is 10.1 Å². The Balaban J connectivity index is 1.79. The van der Waals surface area contributed by atoms with Crippen molar-refractivity contribution in [1.82, 2.24) is 15.3 Å². The Kier molecular flexibility index (Phi) is 8.60. The minimum absolute atomic E-state index is 0.143. The SMILES string of the molecule is CC(NC(=O)C(C)(C)Oc1cc(C(C)(F)P)ccn1)C(Cc1ccc(F)cc1)c1cncc(Br)c1. The van der Waals surface area contributed by atoms with E-state index in [1.807, 2.05) is 13.0 Å². The lowest BCUT2D eigenvalue weighted by molar-refractivity contribution is -0.135. The third-order valence-corrected chi connectivity index (χ3v) is 6.46. The van der Waals surface area contributed by atoms with Crippen LogP contribution in [0, 0.1) is 5.82 Å². The highest BCUT2D eigenvalue weighted by Crippen LogP contribution is 2.34. The Morgan fingerprint density at radius 1 is 1.17 bits per heavy atom. The van der Waals surface area contributed by atoms with Crippen LogP contribution in [0.3, 0.4) is 0 Å². The molecule has 0 aliphatic rings. The van der Waals surface area contributed by atoms with Gasteiger partial charge in [-0.3, -0.25) is 9.78 Å². The van der Waals surface area contributed by atoms with Crippen molar-refractivity contribution in [3.05, 3.63) is 88.0 Å². The number of halogens is 3. The van der Waals surface area contributed by atoms with Gasteiger partial charge >= 0.3 is 0 Å². The maximum atomic E-state index is 14.3. The average molecular weight is 564 g/mol. The van der Waals surface area contributed by atoms with E-state index in [1.54, 1.807) is 44.4 Å². The van der Waals surface area contributed by atoms with Gasteiger partial charge in [0.2, 0.25) is 5.88 Å². The fraction of sp³-hybridized carbons (Fsp3) is 0.346. The van der Waals surface area contributed by atoms with Crippen molar-refractivity contribution in [1.29, 1.82) is 0 Å². The first-order valence-electron chi connectivity index (χ1n) is 11.1. The molecule has 0 spiro atoms. The largest absolute Gasteiger partial charge is 0.462 e. The number of pyridine rings is 2. The lowest BCUT2D eigenvalue weighted by Gasteiger charge is -2.30. The van der Waals surface area contributed by atoms with E-state index in [0.29, 0.717) is 12.0 Å². The number of hydrogen-bond acceptors (Lipinski definition) is 4. The van der Waals surface area contributed by atoms with E-state index in [2.05, 4.69) is 40.5 Å². The van der Waals surface area contributed by atoms with Gasteiger partial charge in [-0.05, 0) is 91.0 Å². The Morgan fingerprint density at radius 2 is 1.86 bits per heavy atom. The number of nitrogens with one attached hydrogen (secondary N) is 1. The van der Waals surface area contributed by atoms with Crippen LogP contribution in [0.5, 0.6) is 5.88 Å². The summed E-state index contributed by atoms with van der Waals surface area (Å²) in [4.78, 5) is 21.6. The molecular weight excluding hydrogens is 535 g/mol. The maximum absolute atomic E-state index is 14.3. The van der Waals surface area contributed by atoms with E-state index >= 15 is 0 Å². The summed E-state index contributed by atoms with van der Waals surface area (Å²) >= 11 is 3.46. The van der Waals surface area contributed by atoms with Gasteiger partial charge in [0.15, 0.2) is 5.60 Å². The van der Waals surface area contributed by atoms with E-state index in [1.165, 1.54) is 31.3 Å². The molecule has 2 aromatic heterocycles. The summed E-state index contributed by atoms with van der Waals surface area (Å²) in [5, 5.41) is 1.40. The fourth-order valence-corrected chi connectivity index (χ4v) is 4.21. The van der Waals surface area contributed by atoms with Gasteiger partial charge in [0.05, 0.1) is 0 Å². The molecule has 186 valence electrons. The van der Waals surface area contributed by atoms with Crippen molar-refractivity contribution < 1.29 is 18.3 Å². The summed E-state index contributed by atoms with van der Waals surface area (Å²) in [6.45, 7) is 6.59. The molecule has 5 nitrogen and oxygen atoms in total. The van der Waals surface area contributed by atoms with Gasteiger partial charge in [-0.2, -0.15) is 0 Å². The molecule has 0 fully saturated rings. The van der Waals surface area contributed by atoms with E-state index in [9.17, 15) is 13.6 Å². The van der Waals surface area contributed by atoms with Crippen LogP contribution in [0.25, 0.3) is 0 Å². The predicted molar refractivity (Wildman–Crippen MR) is 140 cm³/mol. The maximum Gasteiger partial charge on any atom is 0.263 e. The molecule has 0 saturated heterocycles. The predicted octanol–water partition coefficient (Wildman–Crippen LogP) is 6.08. The molecule has 1 N–H and O–H groups in total. The van der Waals surface area contributed by atoms with Crippen molar-refractivity contribution in [2.24, 2.45) is 0 Å². The van der Waals surface area contributed by atoms with Crippen LogP contribution >= 0.6 is 25.2 Å². The molecule has 4 atom stereocenters. The normalized spacial score (nSPS) is 15.1. The Labute approximate surface area is 215 Å². The van der Waals surface area contributed by atoms with Crippen molar-refractivity contribution in [3.8, 4) is 5.88 Å². The third-order valence-electron chi connectivity index (χ3n) is 5.69. The zero-order valence-corrected chi connectivity index (χ0v) is 22.8. The molecular formula is C26H29BrF2N3O2P. The lowest BCUT2D eigenvalue weighted by Crippen LogP contribution is -2.51. The molecule has 0 aliphatic heterocycles. The second-order valence-corrected chi connectivity index (χ2v) is 11.2. The second kappa shape index (κ2) is 11.1.